The molecule has 3 aromatic rings. The molecule has 0 spiro atoms. The van der Waals surface area contributed by atoms with E-state index >= 15 is 0 Å². The van der Waals surface area contributed by atoms with Gasteiger partial charge in [0.15, 0.2) is 0 Å². The van der Waals surface area contributed by atoms with Crippen LogP contribution in [0.3, 0.4) is 0 Å². The summed E-state index contributed by atoms with van der Waals surface area (Å²) in [6.07, 6.45) is 2.89. The molecule has 0 unspecified atom stereocenters. The summed E-state index contributed by atoms with van der Waals surface area (Å²) >= 11 is 0. The zero-order chi connectivity index (χ0) is 14.8. The predicted octanol–water partition coefficient (Wildman–Crippen LogP) is 3.38. The first-order valence-electron chi connectivity index (χ1n) is 6.46. The van der Waals surface area contributed by atoms with E-state index in [0.29, 0.717) is 5.69 Å². The number of carboxylic acid groups (broad SMARTS) is 1. The maximum atomic E-state index is 11.3. The SMILES string of the molecule is Cc1cc(Nc2ccncc2C(=O)O)c2ccccc2n1. The summed E-state index contributed by atoms with van der Waals surface area (Å²) in [5, 5.41) is 13.3. The van der Waals surface area contributed by atoms with Crippen molar-refractivity contribution in [1.29, 1.82) is 0 Å². The lowest BCUT2D eigenvalue weighted by molar-refractivity contribution is 0.0697. The van der Waals surface area contributed by atoms with Crippen LogP contribution in [-0.4, -0.2) is 21.0 Å². The lowest BCUT2D eigenvalue weighted by atomic mass is 10.1. The molecule has 0 aliphatic carbocycles. The van der Waals surface area contributed by atoms with Crippen LogP contribution in [0.25, 0.3) is 10.9 Å². The van der Waals surface area contributed by atoms with Crippen LogP contribution in [0.1, 0.15) is 16.1 Å². The van der Waals surface area contributed by atoms with E-state index in [1.165, 1.54) is 6.20 Å². The van der Waals surface area contributed by atoms with Crippen LogP contribution in [0.2, 0.25) is 0 Å². The number of carbonyl (C=O) groups is 1. The molecular formula is C16H13N3O2. The van der Waals surface area contributed by atoms with Crippen LogP contribution in [0, 0.1) is 6.92 Å². The van der Waals surface area contributed by atoms with Gasteiger partial charge in [0, 0.05) is 29.2 Å². The molecule has 0 amide bonds. The van der Waals surface area contributed by atoms with E-state index in [1.807, 2.05) is 37.3 Å². The Morgan fingerprint density at radius 3 is 2.81 bits per heavy atom. The van der Waals surface area contributed by atoms with Crippen LogP contribution < -0.4 is 5.32 Å². The van der Waals surface area contributed by atoms with Crippen LogP contribution in [0.5, 0.6) is 0 Å². The highest BCUT2D eigenvalue weighted by Crippen LogP contribution is 2.27. The number of aromatic carboxylic acids is 1. The number of benzene rings is 1. The third-order valence-electron chi connectivity index (χ3n) is 3.17. The number of aromatic nitrogens is 2. The summed E-state index contributed by atoms with van der Waals surface area (Å²) in [5.41, 5.74) is 3.20. The number of nitrogens with zero attached hydrogens (tertiary/aromatic N) is 2. The Morgan fingerprint density at radius 1 is 1.19 bits per heavy atom. The van der Waals surface area contributed by atoms with Crippen molar-refractivity contribution in [3.63, 3.8) is 0 Å². The molecule has 0 saturated carbocycles. The number of anilines is 2. The average molecular weight is 279 g/mol. The van der Waals surface area contributed by atoms with Crippen molar-refractivity contribution in [2.75, 3.05) is 5.32 Å². The lowest BCUT2D eigenvalue weighted by Crippen LogP contribution is -2.04. The van der Waals surface area contributed by atoms with Crippen LogP contribution in [0.4, 0.5) is 11.4 Å². The van der Waals surface area contributed by atoms with Crippen molar-refractivity contribution < 1.29 is 9.90 Å². The van der Waals surface area contributed by atoms with Gasteiger partial charge in [0.05, 0.1) is 11.2 Å². The molecule has 2 aromatic heterocycles. The van der Waals surface area contributed by atoms with Crippen LogP contribution in [-0.2, 0) is 0 Å². The maximum Gasteiger partial charge on any atom is 0.339 e. The van der Waals surface area contributed by atoms with Crippen LogP contribution in [0.15, 0.2) is 48.8 Å². The lowest BCUT2D eigenvalue weighted by Gasteiger charge is -2.12. The molecule has 5 heteroatoms. The average Bonchev–Trinajstić information content (AvgIpc) is 2.47. The van der Waals surface area contributed by atoms with Crippen molar-refractivity contribution in [3.05, 3.63) is 60.0 Å². The Kier molecular flexibility index (Phi) is 3.23. The van der Waals surface area contributed by atoms with E-state index in [9.17, 15) is 9.90 Å². The van der Waals surface area contributed by atoms with Gasteiger partial charge < -0.3 is 10.4 Å². The first kappa shape index (κ1) is 13.1. The summed E-state index contributed by atoms with van der Waals surface area (Å²) in [7, 11) is 0. The van der Waals surface area contributed by atoms with E-state index in [2.05, 4.69) is 15.3 Å². The Labute approximate surface area is 121 Å². The van der Waals surface area contributed by atoms with Gasteiger partial charge in [-0.15, -0.1) is 0 Å². The van der Waals surface area contributed by atoms with Crippen molar-refractivity contribution in [2.24, 2.45) is 0 Å². The van der Waals surface area contributed by atoms with Gasteiger partial charge in [-0.3, -0.25) is 9.97 Å². The molecule has 0 saturated heterocycles. The van der Waals surface area contributed by atoms with Gasteiger partial charge in [-0.1, -0.05) is 18.2 Å². The minimum atomic E-state index is -1.01. The summed E-state index contributed by atoms with van der Waals surface area (Å²) < 4.78 is 0. The van der Waals surface area contributed by atoms with E-state index in [4.69, 9.17) is 0 Å². The van der Waals surface area contributed by atoms with Gasteiger partial charge in [0.2, 0.25) is 0 Å². The van der Waals surface area contributed by atoms with Gasteiger partial charge in [-0.2, -0.15) is 0 Å². The molecule has 2 N–H and O–H groups in total. The fourth-order valence-corrected chi connectivity index (χ4v) is 2.23. The van der Waals surface area contributed by atoms with Gasteiger partial charge >= 0.3 is 5.97 Å². The molecule has 2 heterocycles. The monoisotopic (exact) mass is 279 g/mol. The molecule has 1 aromatic carbocycles. The standard InChI is InChI=1S/C16H13N3O2/c1-10-8-15(11-4-2-3-5-13(11)18-10)19-14-6-7-17-9-12(14)16(20)21/h2-9H,1H3,(H,20,21)(H,17,18,19). The van der Waals surface area contributed by atoms with Gasteiger partial charge in [-0.05, 0) is 25.1 Å². The van der Waals surface area contributed by atoms with Crippen LogP contribution >= 0.6 is 0 Å². The fraction of sp³-hybridized carbons (Fsp3) is 0.0625. The maximum absolute atomic E-state index is 11.3. The number of aryl methyl sites for hydroxylation is 1. The molecular weight excluding hydrogens is 266 g/mol. The van der Waals surface area contributed by atoms with Crippen molar-refractivity contribution in [1.82, 2.24) is 9.97 Å². The highest BCUT2D eigenvalue weighted by atomic mass is 16.4. The second-order valence-corrected chi connectivity index (χ2v) is 4.68. The smallest absolute Gasteiger partial charge is 0.339 e. The number of fused-ring (bicyclic) bond motifs is 1. The molecule has 104 valence electrons. The summed E-state index contributed by atoms with van der Waals surface area (Å²) in [4.78, 5) is 19.6. The molecule has 3 rings (SSSR count). The van der Waals surface area contributed by atoms with E-state index in [1.54, 1.807) is 12.3 Å². The van der Waals surface area contributed by atoms with Gasteiger partial charge in [0.1, 0.15) is 5.56 Å². The first-order chi connectivity index (χ1) is 10.1. The number of rotatable bonds is 3. The Balaban J connectivity index is 2.13. The summed E-state index contributed by atoms with van der Waals surface area (Å²) in [6.45, 7) is 1.91. The quantitative estimate of drug-likeness (QED) is 0.768. The number of nitrogens with one attached hydrogen (secondary N) is 1. The van der Waals surface area contributed by atoms with Gasteiger partial charge in [0.25, 0.3) is 0 Å². The normalized spacial score (nSPS) is 10.5. The zero-order valence-corrected chi connectivity index (χ0v) is 11.4. The molecule has 21 heavy (non-hydrogen) atoms. The number of hydrogen-bond donors (Lipinski definition) is 2. The minimum Gasteiger partial charge on any atom is -0.478 e. The van der Waals surface area contributed by atoms with E-state index in [-0.39, 0.29) is 5.56 Å². The molecule has 0 atom stereocenters. The Hall–Kier alpha value is -2.95. The first-order valence-corrected chi connectivity index (χ1v) is 6.46. The molecule has 5 nitrogen and oxygen atoms in total. The molecule has 0 aliphatic rings. The van der Waals surface area contributed by atoms with Crippen molar-refractivity contribution in [2.45, 2.75) is 6.92 Å². The van der Waals surface area contributed by atoms with Crippen molar-refractivity contribution in [3.8, 4) is 0 Å². The number of hydrogen-bond acceptors (Lipinski definition) is 4. The number of pyridine rings is 2. The minimum absolute atomic E-state index is 0.135. The molecule has 0 fully saturated rings. The number of carboxylic acids is 1. The second kappa shape index (κ2) is 5.20. The van der Waals surface area contributed by atoms with E-state index < -0.39 is 5.97 Å². The third-order valence-corrected chi connectivity index (χ3v) is 3.17. The third kappa shape index (κ3) is 2.53. The second-order valence-electron chi connectivity index (χ2n) is 4.68. The van der Waals surface area contributed by atoms with Crippen molar-refractivity contribution >= 4 is 28.2 Å². The number of para-hydroxylation sites is 1. The highest BCUT2D eigenvalue weighted by molar-refractivity contribution is 5.98. The van der Waals surface area contributed by atoms with E-state index in [0.717, 1.165) is 22.3 Å². The zero-order valence-electron chi connectivity index (χ0n) is 11.4. The molecule has 0 radical (unpaired) electrons. The largest absolute Gasteiger partial charge is 0.478 e. The molecule has 0 bridgehead atoms. The Morgan fingerprint density at radius 2 is 2.00 bits per heavy atom. The summed E-state index contributed by atoms with van der Waals surface area (Å²) in [6, 6.07) is 11.3. The molecule has 0 aliphatic heterocycles. The predicted molar refractivity (Wildman–Crippen MR) is 81.0 cm³/mol. The topological polar surface area (TPSA) is 75.1 Å². The highest BCUT2D eigenvalue weighted by Gasteiger charge is 2.11. The Bertz CT molecular complexity index is 831. The fourth-order valence-electron chi connectivity index (χ4n) is 2.23. The summed E-state index contributed by atoms with van der Waals surface area (Å²) in [5.74, 6) is -1.01. The van der Waals surface area contributed by atoms with Gasteiger partial charge in [-0.25, -0.2) is 4.79 Å².